The molecule has 3 aliphatic heterocycles. The summed E-state index contributed by atoms with van der Waals surface area (Å²) in [6, 6.07) is 27.4. The number of hydrogen-bond donors (Lipinski definition) is 0. The molecule has 0 saturated heterocycles. The number of aromatic nitrogens is 3. The smallest absolute Gasteiger partial charge is 0.308 e. The molecular weight excluding hydrogens is 418 g/mol. The van der Waals surface area contributed by atoms with Gasteiger partial charge in [0.2, 0.25) is 11.8 Å². The zero-order valence-corrected chi connectivity index (χ0v) is 17.7. The number of para-hydroxylation sites is 1. The summed E-state index contributed by atoms with van der Waals surface area (Å²) in [6.45, 7) is 0. The maximum absolute atomic E-state index is 13.9. The highest BCUT2D eigenvalue weighted by Gasteiger charge is 2.59. The van der Waals surface area contributed by atoms with Crippen LogP contribution in [0.2, 0.25) is 0 Å². The topological polar surface area (TPSA) is 81.6 Å². The molecule has 0 aliphatic carbocycles. The van der Waals surface area contributed by atoms with E-state index < -0.39 is 23.2 Å². The molecule has 33 heavy (non-hydrogen) atoms. The summed E-state index contributed by atoms with van der Waals surface area (Å²) in [4.78, 5) is 47.2. The van der Waals surface area contributed by atoms with Gasteiger partial charge in [-0.2, -0.15) is 9.36 Å². The molecule has 0 unspecified atom stereocenters. The monoisotopic (exact) mass is 437 g/mol. The van der Waals surface area contributed by atoms with E-state index in [2.05, 4.69) is 0 Å². The number of carbonyl (C=O) groups excluding carboxylic acids is 1. The number of amides is 1. The van der Waals surface area contributed by atoms with Gasteiger partial charge in [0.05, 0.1) is 11.4 Å². The highest BCUT2D eigenvalue weighted by Crippen LogP contribution is 2.42. The quantitative estimate of drug-likeness (QED) is 0.492. The van der Waals surface area contributed by atoms with Crippen LogP contribution < -0.4 is 11.4 Å². The molecular formula is C25H19N5O3. The Morgan fingerprint density at radius 2 is 1.33 bits per heavy atom. The predicted molar refractivity (Wildman–Crippen MR) is 123 cm³/mol. The summed E-state index contributed by atoms with van der Waals surface area (Å²) in [5, 5.41) is 0. The first kappa shape index (κ1) is 19.2. The lowest BCUT2D eigenvalue weighted by atomic mass is 9.85. The number of aliphatic imine (C=N–C) groups is 1. The van der Waals surface area contributed by atoms with Crippen molar-refractivity contribution in [2.75, 3.05) is 7.05 Å². The molecule has 2 atom stereocenters. The van der Waals surface area contributed by atoms with Crippen molar-refractivity contribution < 1.29 is 4.79 Å². The zero-order chi connectivity index (χ0) is 22.7. The Hall–Kier alpha value is -4.46. The molecule has 8 nitrogen and oxygen atoms in total. The van der Waals surface area contributed by atoms with Gasteiger partial charge < -0.3 is 4.90 Å². The number of benzene rings is 3. The molecule has 0 spiro atoms. The van der Waals surface area contributed by atoms with Crippen LogP contribution in [-0.2, 0) is 10.5 Å². The predicted octanol–water partition coefficient (Wildman–Crippen LogP) is 1.98. The number of rotatable bonds is 3. The molecule has 0 radical (unpaired) electrons. The van der Waals surface area contributed by atoms with Crippen LogP contribution in [0, 0.1) is 0 Å². The minimum atomic E-state index is -1.43. The summed E-state index contributed by atoms with van der Waals surface area (Å²) < 4.78 is 3.68. The minimum absolute atomic E-state index is 0.356. The fraction of sp³-hybridized carbons (Fsp3) is 0.120. The summed E-state index contributed by atoms with van der Waals surface area (Å²) >= 11 is 0. The zero-order valence-electron chi connectivity index (χ0n) is 17.7. The molecule has 2 bridgehead atoms. The SMILES string of the molecule is CN1C(=O)[C@@H]2N=C(c3ccccc3)[C@@]1(c1ccccc1)n1c(=O)n(-c3ccccc3)c(=O)n12. The first-order valence-corrected chi connectivity index (χ1v) is 10.6. The lowest BCUT2D eigenvalue weighted by Crippen LogP contribution is -2.70. The lowest BCUT2D eigenvalue weighted by Gasteiger charge is -2.51. The summed E-state index contributed by atoms with van der Waals surface area (Å²) in [5.41, 5.74) is -0.178. The van der Waals surface area contributed by atoms with Gasteiger partial charge in [-0.05, 0) is 12.1 Å². The molecule has 162 valence electrons. The highest BCUT2D eigenvalue weighted by atomic mass is 16.2. The molecule has 8 heteroatoms. The average molecular weight is 437 g/mol. The Morgan fingerprint density at radius 1 is 0.758 bits per heavy atom. The van der Waals surface area contributed by atoms with Crippen molar-refractivity contribution in [3.63, 3.8) is 0 Å². The van der Waals surface area contributed by atoms with E-state index >= 15 is 0 Å². The van der Waals surface area contributed by atoms with E-state index in [1.54, 1.807) is 31.3 Å². The van der Waals surface area contributed by atoms with Gasteiger partial charge in [0, 0.05) is 18.2 Å². The summed E-state index contributed by atoms with van der Waals surface area (Å²) in [5.74, 6) is -0.356. The molecule has 0 fully saturated rings. The summed E-state index contributed by atoms with van der Waals surface area (Å²) in [6.07, 6.45) is -1.17. The number of likely N-dealkylation sites (N-methyl/N-ethyl adjacent to an activating group) is 1. The fourth-order valence-corrected chi connectivity index (χ4v) is 4.92. The largest absolute Gasteiger partial charge is 0.354 e. The van der Waals surface area contributed by atoms with Crippen molar-refractivity contribution >= 4 is 11.6 Å². The minimum Gasteiger partial charge on any atom is -0.308 e. The first-order chi connectivity index (χ1) is 16.1. The molecule has 0 saturated carbocycles. The second-order valence-corrected chi connectivity index (χ2v) is 8.05. The molecule has 3 aromatic carbocycles. The Bertz CT molecular complexity index is 1530. The van der Waals surface area contributed by atoms with Gasteiger partial charge in [0.15, 0.2) is 0 Å². The Morgan fingerprint density at radius 3 is 1.97 bits per heavy atom. The van der Waals surface area contributed by atoms with E-state index in [0.29, 0.717) is 17.0 Å². The Balaban J connectivity index is 1.78. The van der Waals surface area contributed by atoms with Crippen molar-refractivity contribution in [1.82, 2.24) is 18.8 Å². The standard InChI is InChI=1S/C25H19N5O3/c1-27-22(31)21-26-20(17-11-5-2-6-12-17)25(27,18-13-7-3-8-14-18)30-24(33)28(23(32)29(21)30)19-15-9-4-10-16-19/h2-16,21H,1H3/t21-,25-/m1/s1. The first-order valence-electron chi connectivity index (χ1n) is 10.6. The number of carbonyl (C=O) groups is 1. The van der Waals surface area contributed by atoms with E-state index in [1.165, 1.54) is 14.3 Å². The Labute approximate surface area is 188 Å². The van der Waals surface area contributed by atoms with Crippen molar-refractivity contribution in [3.8, 4) is 5.69 Å². The van der Waals surface area contributed by atoms with Crippen molar-refractivity contribution in [2.24, 2.45) is 4.99 Å². The van der Waals surface area contributed by atoms with Gasteiger partial charge in [0.1, 0.15) is 0 Å². The van der Waals surface area contributed by atoms with Gasteiger partial charge in [-0.25, -0.2) is 19.1 Å². The van der Waals surface area contributed by atoms with Gasteiger partial charge in [-0.15, -0.1) is 0 Å². The van der Waals surface area contributed by atoms with Crippen LogP contribution in [0.3, 0.4) is 0 Å². The van der Waals surface area contributed by atoms with E-state index in [-0.39, 0.29) is 5.91 Å². The third-order valence-corrected chi connectivity index (χ3v) is 6.37. The van der Waals surface area contributed by atoms with Crippen LogP contribution >= 0.6 is 0 Å². The maximum atomic E-state index is 13.9. The molecule has 1 amide bonds. The van der Waals surface area contributed by atoms with E-state index in [1.807, 2.05) is 66.7 Å². The van der Waals surface area contributed by atoms with Crippen molar-refractivity contribution in [1.29, 1.82) is 0 Å². The van der Waals surface area contributed by atoms with Crippen molar-refractivity contribution in [3.05, 3.63) is 123 Å². The molecule has 4 aromatic rings. The fourth-order valence-electron chi connectivity index (χ4n) is 4.92. The molecule has 4 heterocycles. The van der Waals surface area contributed by atoms with Crippen LogP contribution in [0.25, 0.3) is 5.69 Å². The van der Waals surface area contributed by atoms with Gasteiger partial charge in [0.25, 0.3) is 5.91 Å². The highest BCUT2D eigenvalue weighted by molar-refractivity contribution is 6.12. The van der Waals surface area contributed by atoms with Crippen LogP contribution in [0.5, 0.6) is 0 Å². The third-order valence-electron chi connectivity index (χ3n) is 6.37. The van der Waals surface area contributed by atoms with Crippen LogP contribution in [0.4, 0.5) is 0 Å². The van der Waals surface area contributed by atoms with Gasteiger partial charge in [-0.3, -0.25) is 4.79 Å². The molecule has 3 aliphatic rings. The second-order valence-electron chi connectivity index (χ2n) is 8.05. The average Bonchev–Trinajstić information content (AvgIpc) is 3.14. The number of nitrogens with zero attached hydrogens (tertiary/aromatic N) is 5. The molecule has 0 N–H and O–H groups in total. The summed E-state index contributed by atoms with van der Waals surface area (Å²) in [7, 11) is 1.65. The molecule has 1 aromatic heterocycles. The van der Waals surface area contributed by atoms with E-state index in [9.17, 15) is 14.4 Å². The van der Waals surface area contributed by atoms with Gasteiger partial charge >= 0.3 is 11.4 Å². The van der Waals surface area contributed by atoms with Crippen molar-refractivity contribution in [2.45, 2.75) is 11.8 Å². The number of hydrogen-bond acceptors (Lipinski definition) is 4. The second kappa shape index (κ2) is 6.77. The molecule has 7 rings (SSSR count). The lowest BCUT2D eigenvalue weighted by molar-refractivity contribution is -0.146. The van der Waals surface area contributed by atoms with E-state index in [4.69, 9.17) is 4.99 Å². The number of fused-ring (bicyclic) bond motifs is 1. The van der Waals surface area contributed by atoms with Crippen LogP contribution in [0.1, 0.15) is 17.3 Å². The van der Waals surface area contributed by atoms with E-state index in [0.717, 1.165) is 10.1 Å². The third kappa shape index (κ3) is 2.34. The maximum Gasteiger partial charge on any atom is 0.354 e. The Kier molecular flexibility index (Phi) is 3.95. The van der Waals surface area contributed by atoms with Crippen LogP contribution in [-0.4, -0.2) is 37.5 Å². The normalized spacial score (nSPS) is 21.1. The van der Waals surface area contributed by atoms with Gasteiger partial charge in [-0.1, -0.05) is 78.9 Å². The van der Waals surface area contributed by atoms with Crippen LogP contribution in [0.15, 0.2) is 106 Å².